The molecule has 110 valence electrons. The summed E-state index contributed by atoms with van der Waals surface area (Å²) in [5.41, 5.74) is 7.05. The molecule has 0 spiro atoms. The smallest absolute Gasteiger partial charge is 0.224 e. The Labute approximate surface area is 120 Å². The summed E-state index contributed by atoms with van der Waals surface area (Å²) in [6, 6.07) is 6.92. The summed E-state index contributed by atoms with van der Waals surface area (Å²) >= 11 is 0. The average molecular weight is 276 g/mol. The number of carbonyl (C=O) groups excluding carboxylic acids is 2. The second kappa shape index (κ2) is 7.80. The van der Waals surface area contributed by atoms with E-state index in [1.807, 2.05) is 0 Å². The van der Waals surface area contributed by atoms with Crippen molar-refractivity contribution in [1.29, 1.82) is 0 Å². The second-order valence-corrected chi connectivity index (χ2v) is 5.62. The molecule has 3 N–H and O–H groups in total. The number of amides is 1. The van der Waals surface area contributed by atoms with Crippen LogP contribution < -0.4 is 11.1 Å². The molecule has 0 heterocycles. The van der Waals surface area contributed by atoms with Gasteiger partial charge < -0.3 is 11.1 Å². The summed E-state index contributed by atoms with van der Waals surface area (Å²) in [6.45, 7) is 6.29. The van der Waals surface area contributed by atoms with Gasteiger partial charge in [0.15, 0.2) is 5.78 Å². The zero-order chi connectivity index (χ0) is 15.1. The first-order chi connectivity index (χ1) is 9.42. The van der Waals surface area contributed by atoms with Crippen molar-refractivity contribution in [2.24, 2.45) is 17.6 Å². The molecule has 1 aromatic carbocycles. The van der Waals surface area contributed by atoms with Gasteiger partial charge in [-0.15, -0.1) is 0 Å². The first kappa shape index (κ1) is 16.4. The van der Waals surface area contributed by atoms with Crippen molar-refractivity contribution in [3.63, 3.8) is 0 Å². The predicted octanol–water partition coefficient (Wildman–Crippen LogP) is 2.84. The topological polar surface area (TPSA) is 72.2 Å². The normalized spacial score (nSPS) is 12.2. The van der Waals surface area contributed by atoms with Crippen LogP contribution in [-0.4, -0.2) is 18.2 Å². The molecule has 0 radical (unpaired) electrons. The molecule has 0 saturated carbocycles. The van der Waals surface area contributed by atoms with Crippen LogP contribution in [-0.2, 0) is 4.79 Å². The lowest BCUT2D eigenvalue weighted by Crippen LogP contribution is -2.23. The van der Waals surface area contributed by atoms with Crippen LogP contribution in [0.4, 0.5) is 5.69 Å². The number of carbonyl (C=O) groups is 2. The van der Waals surface area contributed by atoms with Gasteiger partial charge in [0.05, 0.1) is 0 Å². The highest BCUT2D eigenvalue weighted by atomic mass is 16.1. The van der Waals surface area contributed by atoms with E-state index in [4.69, 9.17) is 5.73 Å². The fraction of sp³-hybridized carbons (Fsp3) is 0.500. The van der Waals surface area contributed by atoms with Crippen molar-refractivity contribution >= 4 is 17.4 Å². The summed E-state index contributed by atoms with van der Waals surface area (Å²) in [5, 5.41) is 2.84. The zero-order valence-corrected chi connectivity index (χ0v) is 12.5. The molecule has 1 aromatic rings. The summed E-state index contributed by atoms with van der Waals surface area (Å²) in [7, 11) is 0. The minimum atomic E-state index is -0.0309. The van der Waals surface area contributed by atoms with Crippen LogP contribution >= 0.6 is 0 Å². The van der Waals surface area contributed by atoms with E-state index >= 15 is 0 Å². The van der Waals surface area contributed by atoms with Gasteiger partial charge in [-0.05, 0) is 56.0 Å². The van der Waals surface area contributed by atoms with Crippen LogP contribution in [0.2, 0.25) is 0 Å². The average Bonchev–Trinajstić information content (AvgIpc) is 2.37. The van der Waals surface area contributed by atoms with E-state index in [0.717, 1.165) is 6.42 Å². The number of hydrogen-bond donors (Lipinski definition) is 2. The fourth-order valence-corrected chi connectivity index (χ4v) is 2.19. The molecule has 0 aliphatic rings. The first-order valence-electron chi connectivity index (χ1n) is 7.03. The molecule has 4 nitrogen and oxygen atoms in total. The van der Waals surface area contributed by atoms with Crippen molar-refractivity contribution in [2.45, 2.75) is 33.6 Å². The minimum Gasteiger partial charge on any atom is -0.330 e. The highest BCUT2D eigenvalue weighted by molar-refractivity contribution is 5.95. The fourth-order valence-electron chi connectivity index (χ4n) is 2.19. The lowest BCUT2D eigenvalue weighted by molar-refractivity contribution is -0.117. The van der Waals surface area contributed by atoms with Crippen molar-refractivity contribution in [3.05, 3.63) is 29.8 Å². The van der Waals surface area contributed by atoms with E-state index in [2.05, 4.69) is 19.2 Å². The highest BCUT2D eigenvalue weighted by Crippen LogP contribution is 2.16. The molecule has 0 fully saturated rings. The van der Waals surface area contributed by atoms with E-state index in [-0.39, 0.29) is 17.6 Å². The minimum absolute atomic E-state index is 0.0167. The van der Waals surface area contributed by atoms with Gasteiger partial charge in [-0.3, -0.25) is 9.59 Å². The van der Waals surface area contributed by atoms with E-state index in [0.29, 0.717) is 30.1 Å². The van der Waals surface area contributed by atoms with E-state index in [9.17, 15) is 9.59 Å². The zero-order valence-electron chi connectivity index (χ0n) is 12.5. The molecule has 0 bridgehead atoms. The lowest BCUT2D eigenvalue weighted by atomic mass is 9.94. The molecule has 0 aliphatic carbocycles. The molecule has 1 unspecified atom stereocenters. The molecular formula is C16H24N2O2. The standard InChI is InChI=1S/C16H24N2O2/c1-11(2)8-13(10-17)9-16(20)18-15-6-4-14(5-7-15)12(3)19/h4-7,11,13H,8-10,17H2,1-3H3,(H,18,20). The number of Topliss-reactive ketones (excluding diaryl/α,β-unsaturated/α-hetero) is 1. The van der Waals surface area contributed by atoms with Crippen LogP contribution in [0.5, 0.6) is 0 Å². The number of nitrogens with one attached hydrogen (secondary N) is 1. The van der Waals surface area contributed by atoms with E-state index in [1.54, 1.807) is 24.3 Å². The SMILES string of the molecule is CC(=O)c1ccc(NC(=O)CC(CN)CC(C)C)cc1. The number of anilines is 1. The Bertz CT molecular complexity index is 452. The third-order valence-corrected chi connectivity index (χ3v) is 3.19. The van der Waals surface area contributed by atoms with Crippen LogP contribution in [0, 0.1) is 11.8 Å². The molecule has 4 heteroatoms. The Morgan fingerprint density at radius 2 is 1.80 bits per heavy atom. The van der Waals surface area contributed by atoms with Crippen LogP contribution in [0.3, 0.4) is 0 Å². The predicted molar refractivity (Wildman–Crippen MR) is 81.7 cm³/mol. The van der Waals surface area contributed by atoms with Gasteiger partial charge in [0.2, 0.25) is 5.91 Å². The molecule has 0 saturated heterocycles. The Morgan fingerprint density at radius 3 is 2.25 bits per heavy atom. The van der Waals surface area contributed by atoms with Crippen molar-refractivity contribution < 1.29 is 9.59 Å². The third-order valence-electron chi connectivity index (χ3n) is 3.19. The van der Waals surface area contributed by atoms with E-state index < -0.39 is 0 Å². The van der Waals surface area contributed by atoms with Crippen LogP contribution in [0.1, 0.15) is 44.0 Å². The molecule has 1 rings (SSSR count). The van der Waals surface area contributed by atoms with Crippen molar-refractivity contribution in [3.8, 4) is 0 Å². The molecule has 20 heavy (non-hydrogen) atoms. The van der Waals surface area contributed by atoms with Gasteiger partial charge in [0.1, 0.15) is 0 Å². The first-order valence-corrected chi connectivity index (χ1v) is 7.03. The number of hydrogen-bond acceptors (Lipinski definition) is 3. The molecule has 1 atom stereocenters. The van der Waals surface area contributed by atoms with E-state index in [1.165, 1.54) is 6.92 Å². The van der Waals surface area contributed by atoms with Gasteiger partial charge >= 0.3 is 0 Å². The van der Waals surface area contributed by atoms with Gasteiger partial charge in [-0.25, -0.2) is 0 Å². The molecule has 1 amide bonds. The monoisotopic (exact) mass is 276 g/mol. The van der Waals surface area contributed by atoms with Gasteiger partial charge in [0, 0.05) is 17.7 Å². The Morgan fingerprint density at radius 1 is 1.20 bits per heavy atom. The Balaban J connectivity index is 2.55. The summed E-state index contributed by atoms with van der Waals surface area (Å²) in [6.07, 6.45) is 1.39. The third kappa shape index (κ3) is 5.53. The van der Waals surface area contributed by atoms with Crippen molar-refractivity contribution in [2.75, 3.05) is 11.9 Å². The van der Waals surface area contributed by atoms with Crippen LogP contribution in [0.25, 0.3) is 0 Å². The van der Waals surface area contributed by atoms with Gasteiger partial charge in [0.25, 0.3) is 0 Å². The van der Waals surface area contributed by atoms with Crippen molar-refractivity contribution in [1.82, 2.24) is 0 Å². The molecular weight excluding hydrogens is 252 g/mol. The number of rotatable bonds is 7. The van der Waals surface area contributed by atoms with Crippen LogP contribution in [0.15, 0.2) is 24.3 Å². The lowest BCUT2D eigenvalue weighted by Gasteiger charge is -2.16. The largest absolute Gasteiger partial charge is 0.330 e. The quantitative estimate of drug-likeness (QED) is 0.752. The maximum absolute atomic E-state index is 11.9. The van der Waals surface area contributed by atoms with Gasteiger partial charge in [-0.2, -0.15) is 0 Å². The summed E-state index contributed by atoms with van der Waals surface area (Å²) < 4.78 is 0. The second-order valence-electron chi connectivity index (χ2n) is 5.62. The number of nitrogens with two attached hydrogens (primary N) is 1. The van der Waals surface area contributed by atoms with Gasteiger partial charge in [-0.1, -0.05) is 13.8 Å². The maximum Gasteiger partial charge on any atom is 0.224 e. The maximum atomic E-state index is 11.9. The Hall–Kier alpha value is -1.68. The molecule has 0 aliphatic heterocycles. The Kier molecular flexibility index (Phi) is 6.39. The summed E-state index contributed by atoms with van der Waals surface area (Å²) in [4.78, 5) is 23.1. The summed E-state index contributed by atoms with van der Waals surface area (Å²) in [5.74, 6) is 0.734. The highest BCUT2D eigenvalue weighted by Gasteiger charge is 2.14. The number of ketones is 1. The number of benzene rings is 1. The molecule has 0 aromatic heterocycles.